The van der Waals surface area contributed by atoms with Crippen LogP contribution in [0.5, 0.6) is 0 Å². The lowest BCUT2D eigenvalue weighted by molar-refractivity contribution is 0.0698. The van der Waals surface area contributed by atoms with E-state index in [0.717, 1.165) is 19.4 Å². The van der Waals surface area contributed by atoms with Crippen LogP contribution < -0.4 is 5.32 Å². The summed E-state index contributed by atoms with van der Waals surface area (Å²) in [6.07, 6.45) is 2.06. The smallest absolute Gasteiger partial charge is 0.253 e. The highest BCUT2D eigenvalue weighted by Gasteiger charge is 2.24. The number of amides is 1. The Labute approximate surface area is 132 Å². The molecule has 1 aromatic rings. The highest BCUT2D eigenvalue weighted by atomic mass is 32.2. The van der Waals surface area contributed by atoms with Gasteiger partial charge in [0.05, 0.1) is 10.1 Å². The van der Waals surface area contributed by atoms with E-state index >= 15 is 0 Å². The van der Waals surface area contributed by atoms with E-state index in [1.54, 1.807) is 26.0 Å². The van der Waals surface area contributed by atoms with Gasteiger partial charge in [-0.05, 0) is 58.0 Å². The fourth-order valence-electron chi connectivity index (χ4n) is 2.64. The summed E-state index contributed by atoms with van der Waals surface area (Å²) in [5.41, 5.74) is 0.541. The van der Waals surface area contributed by atoms with E-state index in [0.29, 0.717) is 18.2 Å². The third kappa shape index (κ3) is 3.50. The summed E-state index contributed by atoms with van der Waals surface area (Å²) in [5.74, 6) is -0.0338. The number of carbonyl (C=O) groups is 1. The van der Waals surface area contributed by atoms with Crippen LogP contribution in [-0.4, -0.2) is 50.7 Å². The number of carbonyl (C=O) groups excluding carboxylic acids is 1. The molecule has 1 heterocycles. The third-order valence-corrected chi connectivity index (χ3v) is 6.34. The van der Waals surface area contributed by atoms with Gasteiger partial charge in [0, 0.05) is 24.7 Å². The maximum absolute atomic E-state index is 12.5. The summed E-state index contributed by atoms with van der Waals surface area (Å²) in [7, 11) is -1.38. The first kappa shape index (κ1) is 17.0. The molecule has 0 saturated carbocycles. The number of hydrogen-bond donors (Lipinski definition) is 1. The van der Waals surface area contributed by atoms with Crippen LogP contribution in [0.4, 0.5) is 0 Å². The van der Waals surface area contributed by atoms with Crippen LogP contribution in [0.2, 0.25) is 0 Å². The van der Waals surface area contributed by atoms with Gasteiger partial charge in [-0.25, -0.2) is 8.42 Å². The van der Waals surface area contributed by atoms with Crippen molar-refractivity contribution in [2.75, 3.05) is 20.1 Å². The Morgan fingerprint density at radius 2 is 1.91 bits per heavy atom. The number of rotatable bonds is 4. The van der Waals surface area contributed by atoms with Crippen LogP contribution in [0, 0.1) is 0 Å². The number of benzene rings is 1. The second-order valence-corrected chi connectivity index (χ2v) is 8.50. The van der Waals surface area contributed by atoms with Gasteiger partial charge in [0.2, 0.25) is 0 Å². The van der Waals surface area contributed by atoms with Crippen molar-refractivity contribution in [2.45, 2.75) is 42.9 Å². The van der Waals surface area contributed by atoms with E-state index in [1.807, 2.05) is 11.9 Å². The third-order valence-electron chi connectivity index (χ3n) is 4.17. The molecule has 0 radical (unpaired) electrons. The Kier molecular flexibility index (Phi) is 5.24. The number of likely N-dealkylation sites (N-methyl/N-ethyl adjacent to an activating group) is 1. The van der Waals surface area contributed by atoms with Gasteiger partial charge in [0.25, 0.3) is 5.91 Å². The van der Waals surface area contributed by atoms with Gasteiger partial charge in [-0.3, -0.25) is 4.79 Å². The van der Waals surface area contributed by atoms with Crippen molar-refractivity contribution in [1.29, 1.82) is 0 Å². The number of likely N-dealkylation sites (tertiary alicyclic amines) is 1. The van der Waals surface area contributed by atoms with E-state index in [-0.39, 0.29) is 10.8 Å². The molecule has 0 aliphatic carbocycles. The number of piperidine rings is 1. The number of nitrogens with one attached hydrogen (secondary N) is 1. The van der Waals surface area contributed by atoms with E-state index in [9.17, 15) is 13.2 Å². The normalized spacial score (nSPS) is 19.5. The zero-order chi connectivity index (χ0) is 16.3. The average molecular weight is 324 g/mol. The maximum Gasteiger partial charge on any atom is 0.253 e. The van der Waals surface area contributed by atoms with Gasteiger partial charge >= 0.3 is 0 Å². The molecule has 1 aliphatic rings. The number of sulfone groups is 1. The van der Waals surface area contributed by atoms with Crippen molar-refractivity contribution in [1.82, 2.24) is 10.2 Å². The lowest BCUT2D eigenvalue weighted by atomic mass is 10.0. The molecule has 2 rings (SSSR count). The molecule has 1 saturated heterocycles. The SMILES string of the molecule is CN[C@@H]1CCCN(C(=O)c2ccc(S(=O)(=O)C(C)C)cc2)C1. The molecule has 5 nitrogen and oxygen atoms in total. The molecule has 6 heteroatoms. The predicted molar refractivity (Wildman–Crippen MR) is 86.7 cm³/mol. The molecule has 1 atom stereocenters. The first-order chi connectivity index (χ1) is 10.4. The molecule has 0 bridgehead atoms. The number of nitrogens with zero attached hydrogens (tertiary/aromatic N) is 1. The van der Waals surface area contributed by atoms with Crippen molar-refractivity contribution in [3.05, 3.63) is 29.8 Å². The second kappa shape index (κ2) is 6.79. The highest BCUT2D eigenvalue weighted by molar-refractivity contribution is 7.92. The fraction of sp³-hybridized carbons (Fsp3) is 0.562. The molecule has 1 aromatic carbocycles. The minimum atomic E-state index is -3.29. The average Bonchev–Trinajstić information content (AvgIpc) is 2.54. The summed E-state index contributed by atoms with van der Waals surface area (Å²) >= 11 is 0. The highest BCUT2D eigenvalue weighted by Crippen LogP contribution is 2.18. The molecule has 1 fully saturated rings. The van der Waals surface area contributed by atoms with Crippen molar-refractivity contribution in [3.63, 3.8) is 0 Å². The van der Waals surface area contributed by atoms with E-state index in [1.165, 1.54) is 12.1 Å². The van der Waals surface area contributed by atoms with Crippen LogP contribution in [0.25, 0.3) is 0 Å². The first-order valence-corrected chi connectivity index (χ1v) is 9.21. The molecule has 0 unspecified atom stereocenters. The quantitative estimate of drug-likeness (QED) is 0.915. The minimum absolute atomic E-state index is 0.0338. The second-order valence-electron chi connectivity index (χ2n) is 6.00. The Morgan fingerprint density at radius 1 is 1.27 bits per heavy atom. The minimum Gasteiger partial charge on any atom is -0.337 e. The van der Waals surface area contributed by atoms with Gasteiger partial charge in [-0.1, -0.05) is 0 Å². The van der Waals surface area contributed by atoms with Crippen LogP contribution in [0.15, 0.2) is 29.2 Å². The lowest BCUT2D eigenvalue weighted by Gasteiger charge is -2.32. The van der Waals surface area contributed by atoms with Gasteiger partial charge in [0.15, 0.2) is 9.84 Å². The molecule has 22 heavy (non-hydrogen) atoms. The maximum atomic E-state index is 12.5. The molecule has 1 aliphatic heterocycles. The lowest BCUT2D eigenvalue weighted by Crippen LogP contribution is -2.46. The van der Waals surface area contributed by atoms with E-state index in [4.69, 9.17) is 0 Å². The zero-order valence-corrected chi connectivity index (χ0v) is 14.2. The Balaban J connectivity index is 2.15. The van der Waals surface area contributed by atoms with Crippen molar-refractivity contribution >= 4 is 15.7 Å². The summed E-state index contributed by atoms with van der Waals surface area (Å²) in [4.78, 5) is 14.6. The van der Waals surface area contributed by atoms with E-state index < -0.39 is 15.1 Å². The molecule has 1 amide bonds. The molecular formula is C16H24N2O3S. The van der Waals surface area contributed by atoms with Gasteiger partial charge in [-0.15, -0.1) is 0 Å². The standard InChI is InChI=1S/C16H24N2O3S/c1-12(2)22(20,21)15-8-6-13(7-9-15)16(19)18-10-4-5-14(11-18)17-3/h6-9,12,14,17H,4-5,10-11H2,1-3H3/t14-/m1/s1. The summed E-state index contributed by atoms with van der Waals surface area (Å²) < 4.78 is 24.2. The molecule has 0 aromatic heterocycles. The van der Waals surface area contributed by atoms with E-state index in [2.05, 4.69) is 5.32 Å². The number of hydrogen-bond acceptors (Lipinski definition) is 4. The monoisotopic (exact) mass is 324 g/mol. The topological polar surface area (TPSA) is 66.5 Å². The Hall–Kier alpha value is -1.40. The Morgan fingerprint density at radius 3 is 2.45 bits per heavy atom. The molecule has 0 spiro atoms. The van der Waals surface area contributed by atoms with Crippen molar-refractivity contribution in [2.24, 2.45) is 0 Å². The van der Waals surface area contributed by atoms with Gasteiger partial charge in [0.1, 0.15) is 0 Å². The van der Waals surface area contributed by atoms with Gasteiger partial charge in [-0.2, -0.15) is 0 Å². The van der Waals surface area contributed by atoms with Crippen LogP contribution in [0.1, 0.15) is 37.0 Å². The fourth-order valence-corrected chi connectivity index (χ4v) is 3.70. The first-order valence-electron chi connectivity index (χ1n) is 7.66. The van der Waals surface area contributed by atoms with Crippen LogP contribution in [-0.2, 0) is 9.84 Å². The van der Waals surface area contributed by atoms with Crippen LogP contribution in [0.3, 0.4) is 0 Å². The van der Waals surface area contributed by atoms with Crippen molar-refractivity contribution in [3.8, 4) is 0 Å². The van der Waals surface area contributed by atoms with Gasteiger partial charge < -0.3 is 10.2 Å². The van der Waals surface area contributed by atoms with Crippen LogP contribution >= 0.6 is 0 Å². The summed E-state index contributed by atoms with van der Waals surface area (Å²) in [6, 6.07) is 6.61. The largest absolute Gasteiger partial charge is 0.337 e. The van der Waals surface area contributed by atoms with Crippen molar-refractivity contribution < 1.29 is 13.2 Å². The summed E-state index contributed by atoms with van der Waals surface area (Å²) in [5, 5.41) is 2.74. The predicted octanol–water partition coefficient (Wildman–Crippen LogP) is 1.69. The zero-order valence-electron chi connectivity index (χ0n) is 13.4. The molecular weight excluding hydrogens is 300 g/mol. The Bertz CT molecular complexity index is 623. The molecule has 122 valence electrons. The molecule has 1 N–H and O–H groups in total. The summed E-state index contributed by atoms with van der Waals surface area (Å²) in [6.45, 7) is 4.75.